The van der Waals surface area contributed by atoms with Crippen molar-refractivity contribution in [2.24, 2.45) is 0 Å². The maximum absolute atomic E-state index is 5.05. The van der Waals surface area contributed by atoms with E-state index in [0.29, 0.717) is 0 Å². The molecule has 0 radical (unpaired) electrons. The number of thioether (sulfide) groups is 1. The summed E-state index contributed by atoms with van der Waals surface area (Å²) < 4.78 is 2.73. The number of nitrogens with zero attached hydrogens (tertiary/aromatic N) is 2. The van der Waals surface area contributed by atoms with Gasteiger partial charge in [-0.25, -0.2) is 4.98 Å². The summed E-state index contributed by atoms with van der Waals surface area (Å²) in [6.45, 7) is 1.93. The Morgan fingerprint density at radius 3 is 2.73 bits per heavy atom. The van der Waals surface area contributed by atoms with Crippen LogP contribution >= 0.6 is 36.4 Å². The molecule has 1 aromatic heterocycles. The van der Waals surface area contributed by atoms with Gasteiger partial charge in [-0.3, -0.25) is 4.57 Å². The Kier molecular flexibility index (Phi) is 4.72. The van der Waals surface area contributed by atoms with Gasteiger partial charge in [-0.2, -0.15) is 0 Å². The van der Waals surface area contributed by atoms with E-state index in [0.717, 1.165) is 10.1 Å². The third-order valence-corrected chi connectivity index (χ3v) is 2.44. The molecule has 0 N–H and O–H groups in total. The summed E-state index contributed by atoms with van der Waals surface area (Å²) >= 11 is 6.60. The van der Waals surface area contributed by atoms with E-state index in [1.165, 1.54) is 0 Å². The molecule has 0 spiro atoms. The van der Waals surface area contributed by atoms with Crippen LogP contribution in [0.3, 0.4) is 0 Å². The number of aryl methyl sites for hydroxylation is 1. The van der Waals surface area contributed by atoms with Gasteiger partial charge in [0, 0.05) is 12.4 Å². The number of aromatic nitrogens is 2. The van der Waals surface area contributed by atoms with Gasteiger partial charge in [0.25, 0.3) is 0 Å². The van der Waals surface area contributed by atoms with E-state index in [4.69, 9.17) is 12.2 Å². The number of thiocarbonyl (C=S) groups is 1. The molecule has 0 unspecified atom stereocenters. The van der Waals surface area contributed by atoms with E-state index in [9.17, 15) is 0 Å². The molecule has 62 valence electrons. The first-order valence-electron chi connectivity index (χ1n) is 2.84. The summed E-state index contributed by atoms with van der Waals surface area (Å²) in [5.74, 6) is 0.944. The molecule has 0 atom stereocenters. The van der Waals surface area contributed by atoms with Crippen LogP contribution in [0.5, 0.6) is 0 Å². The fourth-order valence-electron chi connectivity index (χ4n) is 0.669. The highest BCUT2D eigenvalue weighted by Gasteiger charge is 1.99. The van der Waals surface area contributed by atoms with E-state index in [1.807, 2.05) is 23.9 Å². The van der Waals surface area contributed by atoms with Crippen molar-refractivity contribution in [3.63, 3.8) is 0 Å². The highest BCUT2D eigenvalue weighted by molar-refractivity contribution is 8.22. The summed E-state index contributed by atoms with van der Waals surface area (Å²) in [5, 5.41) is 0. The average molecular weight is 209 g/mol. The minimum atomic E-state index is 0. The molecule has 1 rings (SSSR count). The molecular weight excluding hydrogens is 200 g/mol. The molecule has 5 heteroatoms. The van der Waals surface area contributed by atoms with Crippen molar-refractivity contribution >= 4 is 40.7 Å². The molecule has 11 heavy (non-hydrogen) atoms. The molecule has 0 aromatic carbocycles. The molecule has 1 aromatic rings. The summed E-state index contributed by atoms with van der Waals surface area (Å²) in [4.78, 5) is 4.05. The SMILES string of the molecule is CSC(=S)n1ccnc1C.Cl. The van der Waals surface area contributed by atoms with Crippen LogP contribution in [0.25, 0.3) is 0 Å². The lowest BCUT2D eigenvalue weighted by Gasteiger charge is -2.00. The van der Waals surface area contributed by atoms with Crippen molar-refractivity contribution in [3.05, 3.63) is 18.2 Å². The third-order valence-electron chi connectivity index (χ3n) is 1.20. The normalized spacial score (nSPS) is 8.91. The standard InChI is InChI=1S/C6H8N2S2.ClH/c1-5-7-3-4-8(5)6(9)10-2;/h3-4H,1-2H3;1H. The molecule has 0 aliphatic carbocycles. The van der Waals surface area contributed by atoms with Gasteiger partial charge in [0.15, 0.2) is 0 Å². The Morgan fingerprint density at radius 2 is 2.36 bits per heavy atom. The zero-order chi connectivity index (χ0) is 7.56. The molecular formula is C6H9ClN2S2. The second-order valence-corrected chi connectivity index (χ2v) is 3.25. The quantitative estimate of drug-likeness (QED) is 0.609. The molecule has 0 fully saturated rings. The minimum absolute atomic E-state index is 0. The van der Waals surface area contributed by atoms with Gasteiger partial charge in [0.05, 0.1) is 0 Å². The molecule has 0 bridgehead atoms. The molecule has 2 nitrogen and oxygen atoms in total. The molecule has 0 amide bonds. The lowest BCUT2D eigenvalue weighted by Crippen LogP contribution is -2.04. The number of halogens is 1. The zero-order valence-electron chi connectivity index (χ0n) is 6.27. The maximum Gasteiger partial charge on any atom is 0.145 e. The lowest BCUT2D eigenvalue weighted by atomic mass is 10.7. The van der Waals surface area contributed by atoms with Crippen molar-refractivity contribution in [2.75, 3.05) is 6.26 Å². The van der Waals surface area contributed by atoms with Gasteiger partial charge in [-0.05, 0) is 13.2 Å². The van der Waals surface area contributed by atoms with Crippen molar-refractivity contribution in [1.29, 1.82) is 0 Å². The Balaban J connectivity index is 0.000001000. The first-order chi connectivity index (χ1) is 4.75. The van der Waals surface area contributed by atoms with Crippen LogP contribution in [0.15, 0.2) is 12.4 Å². The van der Waals surface area contributed by atoms with Crippen LogP contribution < -0.4 is 0 Å². The first kappa shape index (κ1) is 10.9. The number of imidazole rings is 1. The Hall–Kier alpha value is -0.0600. The maximum atomic E-state index is 5.05. The van der Waals surface area contributed by atoms with Gasteiger partial charge >= 0.3 is 0 Å². The van der Waals surface area contributed by atoms with Crippen LogP contribution in [0.1, 0.15) is 5.82 Å². The van der Waals surface area contributed by atoms with E-state index in [1.54, 1.807) is 18.0 Å². The Morgan fingerprint density at radius 1 is 1.73 bits per heavy atom. The second kappa shape index (κ2) is 4.74. The largest absolute Gasteiger partial charge is 0.289 e. The number of rotatable bonds is 0. The number of hydrogen-bond acceptors (Lipinski definition) is 3. The summed E-state index contributed by atoms with van der Waals surface area (Å²) in [5.41, 5.74) is 0. The van der Waals surface area contributed by atoms with Gasteiger partial charge in [0.1, 0.15) is 10.1 Å². The minimum Gasteiger partial charge on any atom is -0.289 e. The highest BCUT2D eigenvalue weighted by Crippen LogP contribution is 2.04. The van der Waals surface area contributed by atoms with E-state index >= 15 is 0 Å². The predicted molar refractivity (Wildman–Crippen MR) is 55.7 cm³/mol. The number of hydrogen-bond donors (Lipinski definition) is 0. The van der Waals surface area contributed by atoms with Gasteiger partial charge in [0.2, 0.25) is 0 Å². The van der Waals surface area contributed by atoms with Gasteiger partial charge in [-0.1, -0.05) is 24.0 Å². The van der Waals surface area contributed by atoms with Crippen molar-refractivity contribution in [2.45, 2.75) is 6.92 Å². The lowest BCUT2D eigenvalue weighted by molar-refractivity contribution is 1.06. The van der Waals surface area contributed by atoms with E-state index in [2.05, 4.69) is 4.98 Å². The molecule has 1 heterocycles. The summed E-state index contributed by atoms with van der Waals surface area (Å²) in [6, 6.07) is 0. The third kappa shape index (κ3) is 2.47. The van der Waals surface area contributed by atoms with Crippen LogP contribution in [-0.4, -0.2) is 20.1 Å². The Labute approximate surface area is 81.8 Å². The molecule has 0 aliphatic rings. The molecule has 0 saturated carbocycles. The molecule has 0 aliphatic heterocycles. The zero-order valence-corrected chi connectivity index (χ0v) is 8.72. The average Bonchev–Trinajstić information content (AvgIpc) is 2.34. The Bertz CT molecular complexity index is 246. The fourth-order valence-corrected chi connectivity index (χ4v) is 1.25. The van der Waals surface area contributed by atoms with Gasteiger partial charge < -0.3 is 0 Å². The monoisotopic (exact) mass is 208 g/mol. The second-order valence-electron chi connectivity index (χ2n) is 1.81. The highest BCUT2D eigenvalue weighted by atomic mass is 35.5. The summed E-state index contributed by atoms with van der Waals surface area (Å²) in [6.07, 6.45) is 5.58. The van der Waals surface area contributed by atoms with Crippen LogP contribution in [0.4, 0.5) is 0 Å². The topological polar surface area (TPSA) is 17.8 Å². The van der Waals surface area contributed by atoms with Crippen molar-refractivity contribution in [1.82, 2.24) is 9.55 Å². The van der Waals surface area contributed by atoms with Crippen molar-refractivity contribution < 1.29 is 0 Å². The van der Waals surface area contributed by atoms with Crippen molar-refractivity contribution in [3.8, 4) is 0 Å². The fraction of sp³-hybridized carbons (Fsp3) is 0.333. The van der Waals surface area contributed by atoms with Gasteiger partial charge in [-0.15, -0.1) is 12.4 Å². The first-order valence-corrected chi connectivity index (χ1v) is 4.47. The van der Waals surface area contributed by atoms with Crippen LogP contribution in [0.2, 0.25) is 0 Å². The van der Waals surface area contributed by atoms with Crippen LogP contribution in [-0.2, 0) is 0 Å². The predicted octanol–water partition coefficient (Wildman–Crippen LogP) is 2.11. The van der Waals surface area contributed by atoms with E-state index in [-0.39, 0.29) is 12.4 Å². The summed E-state index contributed by atoms with van der Waals surface area (Å²) in [7, 11) is 0. The van der Waals surface area contributed by atoms with E-state index < -0.39 is 0 Å². The smallest absolute Gasteiger partial charge is 0.145 e. The molecule has 0 saturated heterocycles. The van der Waals surface area contributed by atoms with Crippen LogP contribution in [0, 0.1) is 6.92 Å².